The summed E-state index contributed by atoms with van der Waals surface area (Å²) < 4.78 is 12.9. The van der Waals surface area contributed by atoms with Crippen molar-refractivity contribution in [2.24, 2.45) is 11.8 Å². The van der Waals surface area contributed by atoms with E-state index in [1.54, 1.807) is 28.9 Å². The zero-order valence-corrected chi connectivity index (χ0v) is 28.8. The molecule has 5 rings (SSSR count). The maximum atomic E-state index is 14.9. The normalized spacial score (nSPS) is 25.0. The van der Waals surface area contributed by atoms with Gasteiger partial charge >= 0.3 is 5.97 Å². The van der Waals surface area contributed by atoms with Gasteiger partial charge in [0.25, 0.3) is 5.91 Å². The van der Waals surface area contributed by atoms with Gasteiger partial charge in [0.1, 0.15) is 17.7 Å². The number of unbranched alkanes of at least 4 members (excludes halogenated alkanes) is 1. The summed E-state index contributed by atoms with van der Waals surface area (Å²) in [4.78, 5) is 59.6. The molecule has 7 atom stereocenters. The number of nitrogens with one attached hydrogen (secondary N) is 1. The summed E-state index contributed by atoms with van der Waals surface area (Å²) in [5.74, 6) is -3.23. The number of rotatable bonds is 16. The number of nitrogens with zero attached hydrogens (tertiary/aromatic N) is 2. The molecule has 0 aliphatic carbocycles. The summed E-state index contributed by atoms with van der Waals surface area (Å²) in [6.45, 7) is 13.7. The zero-order valence-electron chi connectivity index (χ0n) is 28.8. The van der Waals surface area contributed by atoms with E-state index < -0.39 is 47.7 Å². The summed E-state index contributed by atoms with van der Waals surface area (Å²) in [6.07, 6.45) is 4.57. The minimum absolute atomic E-state index is 0.0447. The standard InChI is InChI=1S/C39H49N3O7/c1-6-8-19-30(44)40-27(5)34(28-17-10-9-11-18-28)48-38(47)31-29-20-21-39(49-29)32(31)36(45)42(23-12-13-24-43)35(39)37(46)41(22-7-2)33-25(3)15-14-16-26(33)4/h6-7,9-11,14-18,27,29,31-32,34-35,43H,1-2,8,12-13,19-24H2,3-5H3,(H,40,44)/t27-,29+,31-,32-,34-,35+,39-/m0/s1. The van der Waals surface area contributed by atoms with Crippen molar-refractivity contribution in [3.63, 3.8) is 0 Å². The highest BCUT2D eigenvalue weighted by molar-refractivity contribution is 6.05. The maximum absolute atomic E-state index is 14.9. The van der Waals surface area contributed by atoms with Crippen molar-refractivity contribution in [2.45, 2.75) is 89.2 Å². The molecule has 3 saturated heterocycles. The number of hydrogen-bond acceptors (Lipinski definition) is 7. The highest BCUT2D eigenvalue weighted by Gasteiger charge is 2.75. The molecular formula is C39H49N3O7. The number of carbonyl (C=O) groups is 4. The van der Waals surface area contributed by atoms with E-state index in [9.17, 15) is 24.3 Å². The van der Waals surface area contributed by atoms with Crippen LogP contribution in [0.3, 0.4) is 0 Å². The number of para-hydroxylation sites is 1. The minimum atomic E-state index is -1.22. The van der Waals surface area contributed by atoms with Gasteiger partial charge in [0.2, 0.25) is 11.8 Å². The van der Waals surface area contributed by atoms with Gasteiger partial charge in [-0.2, -0.15) is 0 Å². The van der Waals surface area contributed by atoms with Gasteiger partial charge in [0, 0.05) is 31.8 Å². The van der Waals surface area contributed by atoms with Gasteiger partial charge < -0.3 is 29.7 Å². The van der Waals surface area contributed by atoms with Gasteiger partial charge in [-0.1, -0.05) is 60.7 Å². The second kappa shape index (κ2) is 15.5. The van der Waals surface area contributed by atoms with Crippen LogP contribution in [0.5, 0.6) is 0 Å². The fraction of sp³-hybridized carbons (Fsp3) is 0.487. The van der Waals surface area contributed by atoms with Crippen molar-refractivity contribution in [3.8, 4) is 0 Å². The van der Waals surface area contributed by atoms with E-state index in [0.29, 0.717) is 37.7 Å². The molecule has 0 aromatic heterocycles. The van der Waals surface area contributed by atoms with Crippen molar-refractivity contribution in [1.82, 2.24) is 10.2 Å². The van der Waals surface area contributed by atoms with Crippen LogP contribution in [0.15, 0.2) is 73.8 Å². The van der Waals surface area contributed by atoms with E-state index in [4.69, 9.17) is 9.47 Å². The lowest BCUT2D eigenvalue weighted by Crippen LogP contribution is -2.56. The maximum Gasteiger partial charge on any atom is 0.313 e. The third-order valence-electron chi connectivity index (χ3n) is 10.2. The lowest BCUT2D eigenvalue weighted by atomic mass is 9.70. The number of benzene rings is 2. The number of hydrogen-bond donors (Lipinski definition) is 2. The summed E-state index contributed by atoms with van der Waals surface area (Å²) >= 11 is 0. The molecule has 262 valence electrons. The van der Waals surface area contributed by atoms with Crippen molar-refractivity contribution >= 4 is 29.4 Å². The first-order chi connectivity index (χ1) is 23.6. The number of aliphatic hydroxyl groups is 1. The molecule has 0 radical (unpaired) electrons. The van der Waals surface area contributed by atoms with Crippen molar-refractivity contribution in [3.05, 3.63) is 90.5 Å². The van der Waals surface area contributed by atoms with Crippen LogP contribution >= 0.6 is 0 Å². The van der Waals surface area contributed by atoms with E-state index in [1.807, 2.05) is 62.4 Å². The van der Waals surface area contributed by atoms with Crippen LogP contribution in [0, 0.1) is 25.7 Å². The van der Waals surface area contributed by atoms with Crippen molar-refractivity contribution in [2.75, 3.05) is 24.6 Å². The number of carbonyl (C=O) groups excluding carboxylic acids is 4. The highest BCUT2D eigenvalue weighted by Crippen LogP contribution is 2.59. The molecule has 3 heterocycles. The first-order valence-electron chi connectivity index (χ1n) is 17.3. The molecule has 2 aromatic rings. The van der Waals surface area contributed by atoms with Crippen LogP contribution in [0.1, 0.15) is 68.2 Å². The highest BCUT2D eigenvalue weighted by atomic mass is 16.6. The molecule has 3 fully saturated rings. The number of ether oxygens (including phenoxy) is 2. The number of esters is 1. The number of aliphatic hydroxyl groups excluding tert-OH is 1. The second-order valence-electron chi connectivity index (χ2n) is 13.4. The SMILES string of the molecule is C=CCCC(=O)N[C@@H](C)[C@H](OC(=O)[C@@H]1[C@H]2C(=O)N(CCCCO)[C@H](C(=O)N(CC=C)c3c(C)cccc3C)[C@]23CC[C@H]1O3)c1ccccc1. The minimum Gasteiger partial charge on any atom is -0.455 e. The van der Waals surface area contributed by atoms with Gasteiger partial charge in [-0.25, -0.2) is 0 Å². The average molecular weight is 672 g/mol. The Hall–Kier alpha value is -4.28. The molecule has 2 aromatic carbocycles. The molecule has 0 saturated carbocycles. The third-order valence-corrected chi connectivity index (χ3v) is 10.2. The van der Waals surface area contributed by atoms with Crippen LogP contribution in [-0.4, -0.2) is 77.2 Å². The Balaban J connectivity index is 1.49. The Morgan fingerprint density at radius 3 is 2.47 bits per heavy atom. The zero-order chi connectivity index (χ0) is 35.3. The van der Waals surface area contributed by atoms with Crippen LogP contribution in [0.2, 0.25) is 0 Å². The first-order valence-corrected chi connectivity index (χ1v) is 17.3. The van der Waals surface area contributed by atoms with Crippen molar-refractivity contribution in [1.29, 1.82) is 0 Å². The number of fused-ring (bicyclic) bond motifs is 1. The van der Waals surface area contributed by atoms with E-state index >= 15 is 0 Å². The lowest BCUT2D eigenvalue weighted by Gasteiger charge is -2.37. The fourth-order valence-corrected chi connectivity index (χ4v) is 8.07. The monoisotopic (exact) mass is 671 g/mol. The Bertz CT molecular complexity index is 1540. The Morgan fingerprint density at radius 1 is 1.10 bits per heavy atom. The number of likely N-dealkylation sites (tertiary alicyclic amines) is 1. The van der Waals surface area contributed by atoms with Crippen LogP contribution in [0.4, 0.5) is 5.69 Å². The van der Waals surface area contributed by atoms with Gasteiger partial charge in [0.05, 0.1) is 24.0 Å². The van der Waals surface area contributed by atoms with E-state index in [-0.39, 0.29) is 43.8 Å². The molecule has 10 nitrogen and oxygen atoms in total. The predicted molar refractivity (Wildman–Crippen MR) is 186 cm³/mol. The Morgan fingerprint density at radius 2 is 1.82 bits per heavy atom. The summed E-state index contributed by atoms with van der Waals surface area (Å²) in [6, 6.07) is 13.5. The van der Waals surface area contributed by atoms with Crippen LogP contribution in [-0.2, 0) is 28.7 Å². The molecule has 3 amide bonds. The molecule has 1 spiro atoms. The van der Waals surface area contributed by atoms with Gasteiger partial charge in [0.15, 0.2) is 0 Å². The summed E-state index contributed by atoms with van der Waals surface area (Å²) in [5, 5.41) is 12.5. The molecule has 3 aliphatic rings. The summed E-state index contributed by atoms with van der Waals surface area (Å²) in [7, 11) is 0. The number of allylic oxidation sites excluding steroid dienone is 1. The third kappa shape index (κ3) is 6.94. The van der Waals surface area contributed by atoms with Gasteiger partial charge in [-0.05, 0) is 69.6 Å². The topological polar surface area (TPSA) is 125 Å². The van der Waals surface area contributed by atoms with E-state index in [1.165, 1.54) is 0 Å². The second-order valence-corrected chi connectivity index (χ2v) is 13.4. The van der Waals surface area contributed by atoms with Crippen LogP contribution < -0.4 is 10.2 Å². The smallest absolute Gasteiger partial charge is 0.313 e. The fourth-order valence-electron chi connectivity index (χ4n) is 8.07. The Kier molecular flexibility index (Phi) is 11.4. The first kappa shape index (κ1) is 36.0. The predicted octanol–water partition coefficient (Wildman–Crippen LogP) is 4.72. The molecule has 2 bridgehead atoms. The average Bonchev–Trinajstić information content (AvgIpc) is 3.73. The number of amides is 3. The molecule has 49 heavy (non-hydrogen) atoms. The molecule has 0 unspecified atom stereocenters. The van der Waals surface area contributed by atoms with Gasteiger partial charge in [-0.15, -0.1) is 13.2 Å². The van der Waals surface area contributed by atoms with Crippen LogP contribution in [0.25, 0.3) is 0 Å². The molecular weight excluding hydrogens is 622 g/mol. The molecule has 10 heteroatoms. The van der Waals surface area contributed by atoms with E-state index in [2.05, 4.69) is 18.5 Å². The van der Waals surface area contributed by atoms with Crippen molar-refractivity contribution < 1.29 is 33.8 Å². The molecule has 3 aliphatic heterocycles. The quantitative estimate of drug-likeness (QED) is 0.150. The van der Waals surface area contributed by atoms with E-state index in [0.717, 1.165) is 16.8 Å². The number of aryl methyl sites for hydroxylation is 2. The number of anilines is 1. The molecule has 2 N–H and O–H groups in total. The summed E-state index contributed by atoms with van der Waals surface area (Å²) in [5.41, 5.74) is 2.07. The lowest BCUT2D eigenvalue weighted by molar-refractivity contribution is -0.162. The van der Waals surface area contributed by atoms with Gasteiger partial charge in [-0.3, -0.25) is 19.2 Å². The largest absolute Gasteiger partial charge is 0.455 e. The Labute approximate surface area is 289 Å².